The van der Waals surface area contributed by atoms with Crippen molar-refractivity contribution in [2.24, 2.45) is 5.92 Å². The standard InChI is InChI=1S/C9H18F2N2/c1-2-13-4-3-8(7-13)5-12-6-9(10)11/h8-9,12H,2-7H2,1H3. The fourth-order valence-corrected chi connectivity index (χ4v) is 1.76. The number of alkyl halides is 2. The normalized spacial score (nSPS) is 24.5. The maximum absolute atomic E-state index is 11.8. The molecular formula is C9H18F2N2. The minimum absolute atomic E-state index is 0.164. The van der Waals surface area contributed by atoms with Gasteiger partial charge in [-0.05, 0) is 32.0 Å². The van der Waals surface area contributed by atoms with Crippen LogP contribution in [-0.2, 0) is 0 Å². The van der Waals surface area contributed by atoms with Crippen LogP contribution in [0.5, 0.6) is 0 Å². The first kappa shape index (κ1) is 10.9. The van der Waals surface area contributed by atoms with Gasteiger partial charge in [0.05, 0.1) is 6.54 Å². The molecule has 1 N–H and O–H groups in total. The van der Waals surface area contributed by atoms with Crippen LogP contribution < -0.4 is 5.32 Å². The quantitative estimate of drug-likeness (QED) is 0.703. The fraction of sp³-hybridized carbons (Fsp3) is 1.00. The van der Waals surface area contributed by atoms with Gasteiger partial charge in [0.2, 0.25) is 0 Å². The second-order valence-corrected chi connectivity index (χ2v) is 3.60. The van der Waals surface area contributed by atoms with Crippen LogP contribution in [0.2, 0.25) is 0 Å². The van der Waals surface area contributed by atoms with E-state index >= 15 is 0 Å². The van der Waals surface area contributed by atoms with Crippen molar-refractivity contribution in [1.29, 1.82) is 0 Å². The highest BCUT2D eigenvalue weighted by Crippen LogP contribution is 2.14. The predicted octanol–water partition coefficient (Wildman–Crippen LogP) is 1.18. The Morgan fingerprint density at radius 3 is 2.85 bits per heavy atom. The molecule has 1 atom stereocenters. The molecule has 0 aliphatic carbocycles. The minimum atomic E-state index is -2.22. The molecule has 0 amide bonds. The van der Waals surface area contributed by atoms with Gasteiger partial charge in [0, 0.05) is 6.54 Å². The van der Waals surface area contributed by atoms with Gasteiger partial charge in [0.25, 0.3) is 6.43 Å². The first-order valence-corrected chi connectivity index (χ1v) is 4.93. The van der Waals surface area contributed by atoms with E-state index in [9.17, 15) is 8.78 Å². The van der Waals surface area contributed by atoms with E-state index in [-0.39, 0.29) is 6.54 Å². The summed E-state index contributed by atoms with van der Waals surface area (Å²) in [6.45, 7) is 5.97. The number of rotatable bonds is 5. The van der Waals surface area contributed by atoms with Gasteiger partial charge >= 0.3 is 0 Å². The lowest BCUT2D eigenvalue weighted by Gasteiger charge is -2.13. The van der Waals surface area contributed by atoms with Gasteiger partial charge in [0.1, 0.15) is 0 Å². The topological polar surface area (TPSA) is 15.3 Å². The first-order valence-electron chi connectivity index (χ1n) is 4.93. The monoisotopic (exact) mass is 192 g/mol. The molecule has 1 rings (SSSR count). The largest absolute Gasteiger partial charge is 0.311 e. The zero-order chi connectivity index (χ0) is 9.68. The van der Waals surface area contributed by atoms with E-state index < -0.39 is 6.43 Å². The van der Waals surface area contributed by atoms with E-state index in [4.69, 9.17) is 0 Å². The van der Waals surface area contributed by atoms with Gasteiger partial charge in [-0.2, -0.15) is 0 Å². The Balaban J connectivity index is 2.03. The highest BCUT2D eigenvalue weighted by molar-refractivity contribution is 4.76. The van der Waals surface area contributed by atoms with Crippen LogP contribution in [0.15, 0.2) is 0 Å². The molecule has 1 heterocycles. The Morgan fingerprint density at radius 2 is 2.31 bits per heavy atom. The fourth-order valence-electron chi connectivity index (χ4n) is 1.76. The summed E-state index contributed by atoms with van der Waals surface area (Å²) in [6, 6.07) is 0. The summed E-state index contributed by atoms with van der Waals surface area (Å²) in [7, 11) is 0. The highest BCUT2D eigenvalue weighted by atomic mass is 19.3. The van der Waals surface area contributed by atoms with E-state index in [0.29, 0.717) is 5.92 Å². The molecule has 78 valence electrons. The summed E-state index contributed by atoms with van der Waals surface area (Å²) >= 11 is 0. The van der Waals surface area contributed by atoms with Crippen LogP contribution in [0.1, 0.15) is 13.3 Å². The van der Waals surface area contributed by atoms with Gasteiger partial charge < -0.3 is 10.2 Å². The Hall–Kier alpha value is -0.220. The molecule has 4 heteroatoms. The molecule has 13 heavy (non-hydrogen) atoms. The lowest BCUT2D eigenvalue weighted by atomic mass is 10.1. The number of halogens is 2. The molecule has 0 aromatic carbocycles. The summed E-state index contributed by atoms with van der Waals surface area (Å²) in [5, 5.41) is 2.79. The third kappa shape index (κ3) is 4.00. The van der Waals surface area contributed by atoms with E-state index in [1.807, 2.05) is 0 Å². The lowest BCUT2D eigenvalue weighted by Crippen LogP contribution is -2.29. The van der Waals surface area contributed by atoms with Crippen LogP contribution in [-0.4, -0.2) is 44.0 Å². The lowest BCUT2D eigenvalue weighted by molar-refractivity contribution is 0.144. The molecule has 0 radical (unpaired) electrons. The molecule has 0 saturated carbocycles. The number of likely N-dealkylation sites (tertiary alicyclic amines) is 1. The van der Waals surface area contributed by atoms with Crippen molar-refractivity contribution in [3.8, 4) is 0 Å². The van der Waals surface area contributed by atoms with Crippen molar-refractivity contribution < 1.29 is 8.78 Å². The van der Waals surface area contributed by atoms with Crippen molar-refractivity contribution in [1.82, 2.24) is 10.2 Å². The molecule has 1 fully saturated rings. The zero-order valence-corrected chi connectivity index (χ0v) is 8.10. The summed E-state index contributed by atoms with van der Waals surface area (Å²) in [4.78, 5) is 2.36. The summed E-state index contributed by atoms with van der Waals surface area (Å²) in [5.41, 5.74) is 0. The van der Waals surface area contributed by atoms with Crippen LogP contribution >= 0.6 is 0 Å². The Kier molecular flexibility index (Phi) is 4.59. The number of hydrogen-bond acceptors (Lipinski definition) is 2. The molecule has 1 unspecified atom stereocenters. The summed E-state index contributed by atoms with van der Waals surface area (Å²) in [6.07, 6.45) is -1.08. The SMILES string of the molecule is CCN1CCC(CNCC(F)F)C1. The van der Waals surface area contributed by atoms with Gasteiger partial charge in [-0.1, -0.05) is 6.92 Å². The van der Waals surface area contributed by atoms with Gasteiger partial charge in [-0.3, -0.25) is 0 Å². The summed E-state index contributed by atoms with van der Waals surface area (Å²) in [5.74, 6) is 0.568. The Labute approximate surface area is 78.3 Å². The third-order valence-corrected chi connectivity index (χ3v) is 2.55. The maximum atomic E-state index is 11.8. The molecule has 0 spiro atoms. The van der Waals surface area contributed by atoms with Crippen LogP contribution in [0, 0.1) is 5.92 Å². The van der Waals surface area contributed by atoms with Crippen molar-refractivity contribution in [2.45, 2.75) is 19.8 Å². The molecule has 1 aliphatic rings. The number of nitrogens with one attached hydrogen (secondary N) is 1. The molecule has 0 bridgehead atoms. The molecule has 1 saturated heterocycles. The van der Waals surface area contributed by atoms with E-state index in [0.717, 1.165) is 32.6 Å². The van der Waals surface area contributed by atoms with E-state index in [2.05, 4.69) is 17.1 Å². The van der Waals surface area contributed by atoms with Gasteiger partial charge in [-0.25, -0.2) is 8.78 Å². The minimum Gasteiger partial charge on any atom is -0.311 e. The first-order chi connectivity index (χ1) is 6.22. The smallest absolute Gasteiger partial charge is 0.250 e. The third-order valence-electron chi connectivity index (χ3n) is 2.55. The van der Waals surface area contributed by atoms with Crippen LogP contribution in [0.3, 0.4) is 0 Å². The average molecular weight is 192 g/mol. The van der Waals surface area contributed by atoms with Crippen LogP contribution in [0.4, 0.5) is 8.78 Å². The maximum Gasteiger partial charge on any atom is 0.250 e. The molecule has 0 aromatic rings. The Bertz CT molecular complexity index is 142. The van der Waals surface area contributed by atoms with Crippen molar-refractivity contribution in [2.75, 3.05) is 32.7 Å². The predicted molar refractivity (Wildman–Crippen MR) is 49.1 cm³/mol. The van der Waals surface area contributed by atoms with Crippen LogP contribution in [0.25, 0.3) is 0 Å². The van der Waals surface area contributed by atoms with Crippen molar-refractivity contribution in [3.63, 3.8) is 0 Å². The van der Waals surface area contributed by atoms with E-state index in [1.165, 1.54) is 0 Å². The number of hydrogen-bond donors (Lipinski definition) is 1. The molecule has 1 aliphatic heterocycles. The highest BCUT2D eigenvalue weighted by Gasteiger charge is 2.20. The molecule has 2 nitrogen and oxygen atoms in total. The number of nitrogens with zero attached hydrogens (tertiary/aromatic N) is 1. The van der Waals surface area contributed by atoms with E-state index in [1.54, 1.807) is 0 Å². The average Bonchev–Trinajstić information content (AvgIpc) is 2.52. The second kappa shape index (κ2) is 5.50. The van der Waals surface area contributed by atoms with Crippen molar-refractivity contribution >= 4 is 0 Å². The van der Waals surface area contributed by atoms with Crippen molar-refractivity contribution in [3.05, 3.63) is 0 Å². The summed E-state index contributed by atoms with van der Waals surface area (Å²) < 4.78 is 23.6. The Morgan fingerprint density at radius 1 is 1.54 bits per heavy atom. The zero-order valence-electron chi connectivity index (χ0n) is 8.10. The second-order valence-electron chi connectivity index (χ2n) is 3.60. The van der Waals surface area contributed by atoms with Gasteiger partial charge in [-0.15, -0.1) is 0 Å². The molecule has 0 aromatic heterocycles. The van der Waals surface area contributed by atoms with Gasteiger partial charge in [0.15, 0.2) is 0 Å². The molecular weight excluding hydrogens is 174 g/mol.